The van der Waals surface area contributed by atoms with Gasteiger partial charge in [-0.2, -0.15) is 4.98 Å². The number of hydrogen-bond donors (Lipinski definition) is 2. The lowest BCUT2D eigenvalue weighted by atomic mass is 9.89. The Kier molecular flexibility index (Phi) is 2.31. The van der Waals surface area contributed by atoms with Crippen molar-refractivity contribution >= 4 is 17.1 Å². The molecule has 98 valence electrons. The summed E-state index contributed by atoms with van der Waals surface area (Å²) in [5.41, 5.74) is 8.33. The molecule has 3 aromatic heterocycles. The zero-order valence-corrected chi connectivity index (χ0v) is 10.9. The van der Waals surface area contributed by atoms with E-state index in [1.54, 1.807) is 12.5 Å². The second-order valence-corrected chi connectivity index (χ2v) is 5.38. The van der Waals surface area contributed by atoms with Crippen molar-refractivity contribution < 1.29 is 4.52 Å². The summed E-state index contributed by atoms with van der Waals surface area (Å²) >= 11 is 0. The van der Waals surface area contributed by atoms with Crippen molar-refractivity contribution in [2.24, 2.45) is 0 Å². The van der Waals surface area contributed by atoms with Gasteiger partial charge in [0.05, 0.1) is 17.5 Å². The summed E-state index contributed by atoms with van der Waals surface area (Å²) in [5, 5.41) is 4.06. The highest BCUT2D eigenvalue weighted by Crippen LogP contribution is 2.31. The number of aromatic amines is 1. The van der Waals surface area contributed by atoms with E-state index in [0.29, 0.717) is 11.5 Å². The monoisotopic (exact) mass is 258 g/mol. The highest BCUT2D eigenvalue weighted by molar-refractivity contribution is 5.76. The van der Waals surface area contributed by atoms with E-state index < -0.39 is 0 Å². The molecule has 3 N–H and O–H groups in total. The number of anilines is 1. The Labute approximate surface area is 109 Å². The largest absolute Gasteiger partial charge is 0.368 e. The molecule has 0 aromatic carbocycles. The third kappa shape index (κ3) is 1.92. The van der Waals surface area contributed by atoms with Crippen molar-refractivity contribution in [1.29, 1.82) is 0 Å². The summed E-state index contributed by atoms with van der Waals surface area (Å²) < 4.78 is 5.08. The Hall–Kier alpha value is -2.44. The molecular formula is C12H14N6O. The maximum Gasteiger partial charge on any atom is 0.222 e. The number of hydrogen-bond acceptors (Lipinski definition) is 6. The minimum atomic E-state index is -0.133. The molecule has 0 saturated carbocycles. The maximum atomic E-state index is 5.54. The van der Waals surface area contributed by atoms with Crippen LogP contribution in [0.5, 0.6) is 0 Å². The second kappa shape index (κ2) is 3.78. The van der Waals surface area contributed by atoms with Crippen LogP contribution < -0.4 is 5.73 Å². The van der Waals surface area contributed by atoms with Gasteiger partial charge in [0.1, 0.15) is 17.6 Å². The highest BCUT2D eigenvalue weighted by Gasteiger charge is 2.25. The molecule has 0 amide bonds. The molecule has 7 nitrogen and oxygen atoms in total. The van der Waals surface area contributed by atoms with Gasteiger partial charge in [0, 0.05) is 5.41 Å². The zero-order valence-electron chi connectivity index (χ0n) is 10.9. The summed E-state index contributed by atoms with van der Waals surface area (Å²) in [4.78, 5) is 15.6. The average Bonchev–Trinajstić information content (AvgIpc) is 2.92. The van der Waals surface area contributed by atoms with E-state index in [1.165, 1.54) is 0 Å². The molecule has 0 aliphatic carbocycles. The third-order valence-electron chi connectivity index (χ3n) is 2.79. The van der Waals surface area contributed by atoms with Crippen LogP contribution in [0, 0.1) is 0 Å². The molecule has 0 atom stereocenters. The Morgan fingerprint density at radius 1 is 1.26 bits per heavy atom. The topological polar surface area (TPSA) is 107 Å². The van der Waals surface area contributed by atoms with Crippen molar-refractivity contribution in [2.75, 3.05) is 5.73 Å². The van der Waals surface area contributed by atoms with Crippen LogP contribution >= 0.6 is 0 Å². The lowest BCUT2D eigenvalue weighted by molar-refractivity contribution is 0.393. The number of nitrogens with zero attached hydrogens (tertiary/aromatic N) is 4. The van der Waals surface area contributed by atoms with Crippen LogP contribution in [-0.4, -0.2) is 25.1 Å². The predicted octanol–water partition coefficient (Wildman–Crippen LogP) is 1.89. The van der Waals surface area contributed by atoms with Crippen LogP contribution in [0.1, 0.15) is 26.5 Å². The van der Waals surface area contributed by atoms with Gasteiger partial charge in [-0.15, -0.1) is 0 Å². The van der Waals surface area contributed by atoms with Crippen molar-refractivity contribution in [3.63, 3.8) is 0 Å². The lowest BCUT2D eigenvalue weighted by Gasteiger charge is -2.15. The molecule has 3 heterocycles. The molecule has 3 aromatic rings. The van der Waals surface area contributed by atoms with Crippen molar-refractivity contribution in [2.45, 2.75) is 26.2 Å². The number of rotatable bonds is 1. The Balaban J connectivity index is 2.17. The average molecular weight is 258 g/mol. The fraction of sp³-hybridized carbons (Fsp3) is 0.333. The Morgan fingerprint density at radius 2 is 2.05 bits per heavy atom. The van der Waals surface area contributed by atoms with Crippen LogP contribution in [0.25, 0.3) is 22.6 Å². The van der Waals surface area contributed by atoms with Gasteiger partial charge < -0.3 is 15.2 Å². The summed E-state index contributed by atoms with van der Waals surface area (Å²) in [6.45, 7) is 6.19. The first-order valence-electron chi connectivity index (χ1n) is 5.88. The molecule has 7 heteroatoms. The van der Waals surface area contributed by atoms with Crippen LogP contribution in [0.3, 0.4) is 0 Å². The fourth-order valence-corrected chi connectivity index (χ4v) is 1.89. The summed E-state index contributed by atoms with van der Waals surface area (Å²) in [5.74, 6) is 0.855. The standard InChI is InChI=1S/C12H14N6O/c1-12(2,3)8-6(5-19-18-8)9-15-7-4-14-11(13)17-10(7)16-9/h4-5H,1-3H3,(H3,13,14,15,16,17). The fourth-order valence-electron chi connectivity index (χ4n) is 1.89. The number of nitrogens with one attached hydrogen (secondary N) is 1. The van der Waals surface area contributed by atoms with Gasteiger partial charge >= 0.3 is 0 Å². The molecule has 19 heavy (non-hydrogen) atoms. The summed E-state index contributed by atoms with van der Waals surface area (Å²) in [6, 6.07) is 0. The molecule has 0 radical (unpaired) electrons. The maximum absolute atomic E-state index is 5.54. The molecule has 0 aliphatic heterocycles. The Morgan fingerprint density at radius 3 is 2.79 bits per heavy atom. The molecule has 0 unspecified atom stereocenters. The smallest absolute Gasteiger partial charge is 0.222 e. The van der Waals surface area contributed by atoms with E-state index in [2.05, 4.69) is 45.9 Å². The van der Waals surface area contributed by atoms with Gasteiger partial charge in [0.25, 0.3) is 0 Å². The minimum Gasteiger partial charge on any atom is -0.368 e. The van der Waals surface area contributed by atoms with E-state index in [4.69, 9.17) is 10.3 Å². The summed E-state index contributed by atoms with van der Waals surface area (Å²) in [7, 11) is 0. The number of nitrogen functional groups attached to an aromatic ring is 1. The number of aromatic nitrogens is 5. The van der Waals surface area contributed by atoms with E-state index in [0.717, 1.165) is 16.8 Å². The Bertz CT molecular complexity index is 736. The molecule has 0 bridgehead atoms. The van der Waals surface area contributed by atoms with Crippen LogP contribution in [0.15, 0.2) is 17.0 Å². The van der Waals surface area contributed by atoms with E-state index in [-0.39, 0.29) is 11.4 Å². The molecule has 0 fully saturated rings. The highest BCUT2D eigenvalue weighted by atomic mass is 16.5. The van der Waals surface area contributed by atoms with Gasteiger partial charge in [-0.3, -0.25) is 0 Å². The van der Waals surface area contributed by atoms with E-state index in [1.807, 2.05) is 0 Å². The van der Waals surface area contributed by atoms with E-state index in [9.17, 15) is 0 Å². The van der Waals surface area contributed by atoms with Gasteiger partial charge in [-0.1, -0.05) is 25.9 Å². The van der Waals surface area contributed by atoms with Gasteiger partial charge in [0.15, 0.2) is 5.65 Å². The normalized spacial score (nSPS) is 12.2. The predicted molar refractivity (Wildman–Crippen MR) is 70.3 cm³/mol. The van der Waals surface area contributed by atoms with Gasteiger partial charge in [0.2, 0.25) is 5.95 Å². The third-order valence-corrected chi connectivity index (χ3v) is 2.79. The van der Waals surface area contributed by atoms with Crippen LogP contribution in [-0.2, 0) is 5.41 Å². The zero-order chi connectivity index (χ0) is 13.6. The SMILES string of the molecule is CC(C)(C)c1nocc1-c1nc2nc(N)ncc2[nH]1. The first-order valence-corrected chi connectivity index (χ1v) is 5.88. The van der Waals surface area contributed by atoms with Gasteiger partial charge in [-0.25, -0.2) is 9.97 Å². The van der Waals surface area contributed by atoms with Crippen molar-refractivity contribution in [3.05, 3.63) is 18.2 Å². The van der Waals surface area contributed by atoms with Crippen molar-refractivity contribution in [3.8, 4) is 11.4 Å². The first-order chi connectivity index (χ1) is 8.95. The molecule has 0 aliphatic rings. The molecule has 3 rings (SSSR count). The van der Waals surface area contributed by atoms with Crippen LogP contribution in [0.4, 0.5) is 5.95 Å². The number of imidazole rings is 1. The number of fused-ring (bicyclic) bond motifs is 1. The van der Waals surface area contributed by atoms with E-state index >= 15 is 0 Å². The van der Waals surface area contributed by atoms with Crippen LogP contribution in [0.2, 0.25) is 0 Å². The minimum absolute atomic E-state index is 0.133. The molecular weight excluding hydrogens is 244 g/mol. The second-order valence-electron chi connectivity index (χ2n) is 5.38. The summed E-state index contributed by atoms with van der Waals surface area (Å²) in [6.07, 6.45) is 3.19. The molecule has 0 saturated heterocycles. The number of H-pyrrole nitrogens is 1. The lowest BCUT2D eigenvalue weighted by Crippen LogP contribution is -2.13. The quantitative estimate of drug-likeness (QED) is 0.690. The van der Waals surface area contributed by atoms with Gasteiger partial charge in [-0.05, 0) is 0 Å². The van der Waals surface area contributed by atoms with Crippen molar-refractivity contribution in [1.82, 2.24) is 25.1 Å². The first kappa shape index (κ1) is 11.6. The number of nitrogens with two attached hydrogens (primary N) is 1. The molecule has 0 spiro atoms.